The molecule has 4 nitrogen and oxygen atoms in total. The highest BCUT2D eigenvalue weighted by Crippen LogP contribution is 2.18. The summed E-state index contributed by atoms with van der Waals surface area (Å²) in [6.07, 6.45) is 2.68. The summed E-state index contributed by atoms with van der Waals surface area (Å²) < 4.78 is 0. The maximum atomic E-state index is 12.0. The van der Waals surface area contributed by atoms with Crippen molar-refractivity contribution in [2.24, 2.45) is 0 Å². The van der Waals surface area contributed by atoms with Crippen molar-refractivity contribution in [2.75, 3.05) is 19.6 Å². The van der Waals surface area contributed by atoms with E-state index in [-0.39, 0.29) is 17.9 Å². The maximum Gasteiger partial charge on any atom is 0.245 e. The van der Waals surface area contributed by atoms with Gasteiger partial charge in [-0.15, -0.1) is 0 Å². The van der Waals surface area contributed by atoms with Gasteiger partial charge in [-0.1, -0.05) is 0 Å². The first-order valence-electron chi connectivity index (χ1n) is 5.49. The number of rotatable bonds is 3. The van der Waals surface area contributed by atoms with Gasteiger partial charge in [0.05, 0.1) is 0 Å². The number of nitrogens with zero attached hydrogens (tertiary/aromatic N) is 2. The Hall–Kier alpha value is -1.06. The fourth-order valence-corrected chi connectivity index (χ4v) is 1.95. The molecule has 85 valence electrons. The first-order valence-corrected chi connectivity index (χ1v) is 5.49. The fourth-order valence-electron chi connectivity index (χ4n) is 1.95. The number of carbonyl (C=O) groups is 2. The van der Waals surface area contributed by atoms with Crippen LogP contribution >= 0.6 is 0 Å². The second-order valence-electron chi connectivity index (χ2n) is 3.72. The molecular formula is C11H19N2O2. The van der Waals surface area contributed by atoms with E-state index in [9.17, 15) is 9.59 Å². The van der Waals surface area contributed by atoms with Crippen molar-refractivity contribution in [3.8, 4) is 0 Å². The molecule has 1 radical (unpaired) electrons. The third-order valence-electron chi connectivity index (χ3n) is 2.86. The first kappa shape index (κ1) is 12.0. The zero-order chi connectivity index (χ0) is 11.4. The number of likely N-dealkylation sites (tertiary alicyclic amines) is 1. The van der Waals surface area contributed by atoms with Crippen LogP contribution in [0, 0.1) is 6.42 Å². The van der Waals surface area contributed by atoms with Crippen LogP contribution < -0.4 is 0 Å². The van der Waals surface area contributed by atoms with E-state index in [4.69, 9.17) is 0 Å². The van der Waals surface area contributed by atoms with E-state index in [0.717, 1.165) is 0 Å². The monoisotopic (exact) mass is 211 g/mol. The van der Waals surface area contributed by atoms with E-state index < -0.39 is 0 Å². The molecule has 0 aliphatic carbocycles. The molecule has 0 N–H and O–H groups in total. The van der Waals surface area contributed by atoms with E-state index in [1.165, 1.54) is 6.92 Å². The lowest BCUT2D eigenvalue weighted by Gasteiger charge is -2.28. The van der Waals surface area contributed by atoms with Crippen LogP contribution in [0.2, 0.25) is 0 Å². The van der Waals surface area contributed by atoms with Crippen LogP contribution in [-0.4, -0.2) is 47.3 Å². The molecule has 0 spiro atoms. The van der Waals surface area contributed by atoms with Gasteiger partial charge >= 0.3 is 0 Å². The Labute approximate surface area is 91.2 Å². The molecule has 2 amide bonds. The molecule has 1 atom stereocenters. The van der Waals surface area contributed by atoms with Gasteiger partial charge in [0.25, 0.3) is 0 Å². The van der Waals surface area contributed by atoms with Crippen LogP contribution in [0.1, 0.15) is 27.2 Å². The standard InChI is InChI=1S/C11H19N2O2/c1-4-12(5-2)11(15)10-7-6-8-13(10)9(3)14/h6,10H,4-5,7-8H2,1-3H3. The summed E-state index contributed by atoms with van der Waals surface area (Å²) >= 11 is 0. The Morgan fingerprint density at radius 3 is 2.47 bits per heavy atom. The first-order chi connectivity index (χ1) is 7.11. The second-order valence-corrected chi connectivity index (χ2v) is 3.72. The highest BCUT2D eigenvalue weighted by atomic mass is 16.2. The summed E-state index contributed by atoms with van der Waals surface area (Å²) in [5, 5.41) is 0. The number of hydrogen-bond acceptors (Lipinski definition) is 2. The van der Waals surface area contributed by atoms with Gasteiger partial charge in [-0.2, -0.15) is 0 Å². The normalized spacial score (nSPS) is 20.5. The van der Waals surface area contributed by atoms with Gasteiger partial charge in [0.1, 0.15) is 6.04 Å². The number of amides is 2. The van der Waals surface area contributed by atoms with Crippen LogP contribution in [0.15, 0.2) is 0 Å². The van der Waals surface area contributed by atoms with E-state index in [1.807, 2.05) is 20.3 Å². The predicted molar refractivity (Wildman–Crippen MR) is 58.0 cm³/mol. The molecule has 1 aliphatic heterocycles. The van der Waals surface area contributed by atoms with Crippen molar-refractivity contribution in [1.29, 1.82) is 0 Å². The van der Waals surface area contributed by atoms with Crippen molar-refractivity contribution in [3.05, 3.63) is 6.42 Å². The van der Waals surface area contributed by atoms with Gasteiger partial charge in [0, 0.05) is 26.6 Å². The van der Waals surface area contributed by atoms with Crippen LogP contribution in [-0.2, 0) is 9.59 Å². The van der Waals surface area contributed by atoms with Gasteiger partial charge in [-0.25, -0.2) is 0 Å². The third kappa shape index (κ3) is 2.49. The molecule has 4 heteroatoms. The van der Waals surface area contributed by atoms with Crippen molar-refractivity contribution in [2.45, 2.75) is 33.2 Å². The Morgan fingerprint density at radius 1 is 1.40 bits per heavy atom. The van der Waals surface area contributed by atoms with Crippen LogP contribution in [0.25, 0.3) is 0 Å². The third-order valence-corrected chi connectivity index (χ3v) is 2.86. The molecule has 0 aromatic rings. The molecule has 1 fully saturated rings. The fraction of sp³-hybridized carbons (Fsp3) is 0.727. The molecule has 0 saturated carbocycles. The number of carbonyl (C=O) groups excluding carboxylic acids is 2. The van der Waals surface area contributed by atoms with Gasteiger partial charge in [-0.3, -0.25) is 9.59 Å². The van der Waals surface area contributed by atoms with Crippen molar-refractivity contribution < 1.29 is 9.59 Å². The molecule has 1 rings (SSSR count). The minimum atomic E-state index is -0.262. The smallest absolute Gasteiger partial charge is 0.245 e. The highest BCUT2D eigenvalue weighted by Gasteiger charge is 2.34. The summed E-state index contributed by atoms with van der Waals surface area (Å²) in [5.74, 6) is 0.0539. The van der Waals surface area contributed by atoms with Gasteiger partial charge < -0.3 is 9.80 Å². The van der Waals surface area contributed by atoms with Crippen molar-refractivity contribution in [1.82, 2.24) is 9.80 Å². The van der Waals surface area contributed by atoms with Gasteiger partial charge in [-0.05, 0) is 26.7 Å². The zero-order valence-electron chi connectivity index (χ0n) is 9.69. The Bertz CT molecular complexity index is 249. The summed E-state index contributed by atoms with van der Waals surface area (Å²) in [4.78, 5) is 26.7. The van der Waals surface area contributed by atoms with Crippen LogP contribution in [0.4, 0.5) is 0 Å². The van der Waals surface area contributed by atoms with Crippen LogP contribution in [0.5, 0.6) is 0 Å². The topological polar surface area (TPSA) is 40.6 Å². The average Bonchev–Trinajstić information content (AvgIpc) is 2.67. The maximum absolute atomic E-state index is 12.0. The molecule has 0 aromatic heterocycles. The minimum absolute atomic E-state index is 0.0192. The lowest BCUT2D eigenvalue weighted by molar-refractivity contribution is -0.142. The summed E-state index contributed by atoms with van der Waals surface area (Å²) in [7, 11) is 0. The molecule has 1 saturated heterocycles. The summed E-state index contributed by atoms with van der Waals surface area (Å²) in [6.45, 7) is 7.44. The number of hydrogen-bond donors (Lipinski definition) is 0. The molecule has 0 aromatic carbocycles. The van der Waals surface area contributed by atoms with Gasteiger partial charge in [0.2, 0.25) is 11.8 Å². The lowest BCUT2D eigenvalue weighted by Crippen LogP contribution is -2.47. The summed E-state index contributed by atoms with van der Waals surface area (Å²) in [5.41, 5.74) is 0. The number of likely N-dealkylation sites (N-methyl/N-ethyl adjacent to an activating group) is 1. The quantitative estimate of drug-likeness (QED) is 0.688. The molecule has 1 aliphatic rings. The van der Waals surface area contributed by atoms with Crippen LogP contribution in [0.3, 0.4) is 0 Å². The Kier molecular flexibility index (Phi) is 4.12. The molecular weight excluding hydrogens is 192 g/mol. The van der Waals surface area contributed by atoms with Gasteiger partial charge in [0.15, 0.2) is 0 Å². The molecule has 0 bridgehead atoms. The predicted octanol–water partition coefficient (Wildman–Crippen LogP) is 0.680. The van der Waals surface area contributed by atoms with E-state index >= 15 is 0 Å². The van der Waals surface area contributed by atoms with E-state index in [0.29, 0.717) is 26.1 Å². The highest BCUT2D eigenvalue weighted by molar-refractivity contribution is 5.87. The second kappa shape index (κ2) is 5.14. The average molecular weight is 211 g/mol. The Morgan fingerprint density at radius 2 is 2.00 bits per heavy atom. The lowest BCUT2D eigenvalue weighted by atomic mass is 10.2. The summed E-state index contributed by atoms with van der Waals surface area (Å²) in [6, 6.07) is -0.262. The zero-order valence-corrected chi connectivity index (χ0v) is 9.69. The van der Waals surface area contributed by atoms with Crippen molar-refractivity contribution >= 4 is 11.8 Å². The molecule has 15 heavy (non-hydrogen) atoms. The Balaban J connectivity index is 2.69. The largest absolute Gasteiger partial charge is 0.341 e. The minimum Gasteiger partial charge on any atom is -0.341 e. The molecule has 1 unspecified atom stereocenters. The van der Waals surface area contributed by atoms with E-state index in [1.54, 1.807) is 9.80 Å². The SMILES string of the molecule is CCN(CC)C(=O)C1C[CH]CN1C(C)=O. The van der Waals surface area contributed by atoms with Crippen molar-refractivity contribution in [3.63, 3.8) is 0 Å². The van der Waals surface area contributed by atoms with E-state index in [2.05, 4.69) is 0 Å². The molecule has 1 heterocycles.